The summed E-state index contributed by atoms with van der Waals surface area (Å²) in [5, 5.41) is 0. The normalized spacial score (nSPS) is 14.8. The Kier molecular flexibility index (Phi) is 6.58. The third-order valence-electron chi connectivity index (χ3n) is 4.44. The number of carbonyl (C=O) groups excluding carboxylic acids is 2. The van der Waals surface area contributed by atoms with Crippen molar-refractivity contribution in [1.82, 2.24) is 9.80 Å². The number of nitrogens with zero attached hydrogens (tertiary/aromatic N) is 2. The molecule has 0 atom stereocenters. The van der Waals surface area contributed by atoms with Gasteiger partial charge in [0.1, 0.15) is 11.6 Å². The fourth-order valence-electron chi connectivity index (χ4n) is 2.87. The van der Waals surface area contributed by atoms with Crippen molar-refractivity contribution >= 4 is 11.8 Å². The summed E-state index contributed by atoms with van der Waals surface area (Å²) < 4.78 is 18.4. The second-order valence-electron chi connectivity index (χ2n) is 5.97. The fraction of sp³-hybridized carbons (Fsp3) is 0.556. The van der Waals surface area contributed by atoms with E-state index < -0.39 is 5.82 Å². The van der Waals surface area contributed by atoms with Crippen LogP contribution >= 0.6 is 0 Å². The lowest BCUT2D eigenvalue weighted by Crippen LogP contribution is -2.52. The Labute approximate surface area is 142 Å². The maximum atomic E-state index is 13.1. The highest BCUT2D eigenvalue weighted by Gasteiger charge is 2.27. The zero-order chi connectivity index (χ0) is 17.5. The third-order valence-corrected chi connectivity index (χ3v) is 4.44. The Morgan fingerprint density at radius 3 is 2.33 bits per heavy atom. The first-order valence-corrected chi connectivity index (χ1v) is 8.50. The molecule has 1 fully saturated rings. The molecule has 1 saturated heterocycles. The molecule has 6 heteroatoms. The van der Waals surface area contributed by atoms with Crippen LogP contribution in [0.5, 0.6) is 5.75 Å². The van der Waals surface area contributed by atoms with E-state index in [1.54, 1.807) is 11.0 Å². The van der Waals surface area contributed by atoms with Gasteiger partial charge < -0.3 is 14.5 Å². The van der Waals surface area contributed by atoms with Crippen molar-refractivity contribution in [1.29, 1.82) is 0 Å². The topological polar surface area (TPSA) is 49.9 Å². The Bertz CT molecular complexity index is 567. The van der Waals surface area contributed by atoms with Crippen LogP contribution in [0.4, 0.5) is 4.39 Å². The second kappa shape index (κ2) is 8.66. The first kappa shape index (κ1) is 18.2. The minimum absolute atomic E-state index is 0.0727. The van der Waals surface area contributed by atoms with Gasteiger partial charge in [-0.3, -0.25) is 9.59 Å². The van der Waals surface area contributed by atoms with Crippen molar-refractivity contribution in [3.63, 3.8) is 0 Å². The van der Waals surface area contributed by atoms with E-state index in [1.165, 1.54) is 18.2 Å². The monoisotopic (exact) mass is 336 g/mol. The highest BCUT2D eigenvalue weighted by Crippen LogP contribution is 2.15. The summed E-state index contributed by atoms with van der Waals surface area (Å²) in [5.41, 5.74) is 0. The lowest BCUT2D eigenvalue weighted by atomic mass is 10.0. The smallest absolute Gasteiger partial charge is 0.260 e. The van der Waals surface area contributed by atoms with Crippen molar-refractivity contribution in [2.75, 3.05) is 32.8 Å². The second-order valence-corrected chi connectivity index (χ2v) is 5.97. The molecule has 24 heavy (non-hydrogen) atoms. The van der Waals surface area contributed by atoms with Gasteiger partial charge in [0.2, 0.25) is 5.91 Å². The number of halogens is 1. The summed E-state index contributed by atoms with van der Waals surface area (Å²) in [7, 11) is 0. The van der Waals surface area contributed by atoms with Crippen LogP contribution in [-0.4, -0.2) is 54.4 Å². The van der Waals surface area contributed by atoms with E-state index in [1.807, 2.05) is 18.7 Å². The molecule has 1 aromatic carbocycles. The molecule has 0 saturated carbocycles. The summed E-state index contributed by atoms with van der Waals surface area (Å²) in [4.78, 5) is 28.1. The van der Waals surface area contributed by atoms with Crippen molar-refractivity contribution in [3.8, 4) is 5.75 Å². The van der Waals surface area contributed by atoms with Crippen molar-refractivity contribution in [3.05, 3.63) is 30.1 Å². The minimum atomic E-state index is -0.395. The van der Waals surface area contributed by atoms with Crippen LogP contribution in [0.3, 0.4) is 0 Å². The van der Waals surface area contributed by atoms with Crippen molar-refractivity contribution in [2.45, 2.75) is 26.7 Å². The van der Waals surface area contributed by atoms with Crippen LogP contribution in [0.2, 0.25) is 0 Å². The van der Waals surface area contributed by atoms with Crippen LogP contribution in [0.25, 0.3) is 0 Å². The molecule has 1 heterocycles. The summed E-state index contributed by atoms with van der Waals surface area (Å²) >= 11 is 0. The maximum Gasteiger partial charge on any atom is 0.260 e. The number of piperazine rings is 1. The van der Waals surface area contributed by atoms with Gasteiger partial charge in [-0.05, 0) is 25.0 Å². The predicted octanol–water partition coefficient (Wildman–Crippen LogP) is 2.31. The average Bonchev–Trinajstić information content (AvgIpc) is 2.61. The van der Waals surface area contributed by atoms with Crippen LogP contribution in [-0.2, 0) is 9.59 Å². The lowest BCUT2D eigenvalue weighted by Gasteiger charge is -2.36. The van der Waals surface area contributed by atoms with Crippen LogP contribution in [0, 0.1) is 11.7 Å². The zero-order valence-electron chi connectivity index (χ0n) is 14.3. The number of amides is 2. The van der Waals surface area contributed by atoms with Crippen LogP contribution < -0.4 is 4.74 Å². The molecule has 132 valence electrons. The lowest BCUT2D eigenvalue weighted by molar-refractivity contribution is -0.143. The number of ether oxygens (including phenoxy) is 1. The van der Waals surface area contributed by atoms with Gasteiger partial charge in [-0.1, -0.05) is 19.9 Å². The van der Waals surface area contributed by atoms with Gasteiger partial charge in [-0.2, -0.15) is 0 Å². The summed E-state index contributed by atoms with van der Waals surface area (Å²) in [6.45, 7) is 6.06. The number of hydrogen-bond acceptors (Lipinski definition) is 3. The van der Waals surface area contributed by atoms with Gasteiger partial charge in [0, 0.05) is 38.2 Å². The SMILES string of the molecule is CCC(CC)C(=O)N1CCN(C(=O)COc2cccc(F)c2)CC1. The standard InChI is InChI=1S/C18H25FN2O3/c1-3-14(4-2)18(23)21-10-8-20(9-11-21)17(22)13-24-16-7-5-6-15(19)12-16/h5-7,12,14H,3-4,8-11,13H2,1-2H3. The predicted molar refractivity (Wildman–Crippen MR) is 89.1 cm³/mol. The first-order valence-electron chi connectivity index (χ1n) is 8.50. The number of benzene rings is 1. The van der Waals surface area contributed by atoms with E-state index >= 15 is 0 Å². The molecule has 0 bridgehead atoms. The molecular formula is C18H25FN2O3. The largest absolute Gasteiger partial charge is 0.484 e. The average molecular weight is 336 g/mol. The highest BCUT2D eigenvalue weighted by molar-refractivity contribution is 5.80. The molecule has 2 rings (SSSR count). The molecule has 1 aromatic rings. The molecule has 0 aliphatic carbocycles. The van der Waals surface area contributed by atoms with Crippen molar-refractivity contribution < 1.29 is 18.7 Å². The molecule has 2 amide bonds. The van der Waals surface area contributed by atoms with E-state index in [4.69, 9.17) is 4.74 Å². The van der Waals surface area contributed by atoms with E-state index in [0.29, 0.717) is 31.9 Å². The molecular weight excluding hydrogens is 311 g/mol. The maximum absolute atomic E-state index is 13.1. The summed E-state index contributed by atoms with van der Waals surface area (Å²) in [5.74, 6) is 0.0555. The van der Waals surface area contributed by atoms with Crippen molar-refractivity contribution in [2.24, 2.45) is 5.92 Å². The zero-order valence-corrected chi connectivity index (χ0v) is 14.3. The Balaban J connectivity index is 1.79. The van der Waals surface area contributed by atoms with Gasteiger partial charge in [-0.15, -0.1) is 0 Å². The first-order chi connectivity index (χ1) is 11.5. The molecule has 0 unspecified atom stereocenters. The molecule has 1 aliphatic rings. The van der Waals surface area contributed by atoms with Gasteiger partial charge >= 0.3 is 0 Å². The Morgan fingerprint density at radius 2 is 1.75 bits per heavy atom. The van der Waals surface area contributed by atoms with Gasteiger partial charge in [0.25, 0.3) is 5.91 Å². The number of hydrogen-bond donors (Lipinski definition) is 0. The van der Waals surface area contributed by atoms with E-state index in [-0.39, 0.29) is 24.3 Å². The molecule has 0 N–H and O–H groups in total. The summed E-state index contributed by atoms with van der Waals surface area (Å²) in [6.07, 6.45) is 1.69. The molecule has 0 radical (unpaired) electrons. The van der Waals surface area contributed by atoms with Gasteiger partial charge in [0.15, 0.2) is 6.61 Å². The van der Waals surface area contributed by atoms with Crippen LogP contribution in [0.1, 0.15) is 26.7 Å². The quantitative estimate of drug-likeness (QED) is 0.801. The number of carbonyl (C=O) groups is 2. The van der Waals surface area contributed by atoms with E-state index in [2.05, 4.69) is 0 Å². The van der Waals surface area contributed by atoms with Gasteiger partial charge in [-0.25, -0.2) is 4.39 Å². The Morgan fingerprint density at radius 1 is 1.12 bits per heavy atom. The number of rotatable bonds is 6. The fourth-order valence-corrected chi connectivity index (χ4v) is 2.87. The molecule has 5 nitrogen and oxygen atoms in total. The molecule has 0 aromatic heterocycles. The molecule has 0 spiro atoms. The summed E-state index contributed by atoms with van der Waals surface area (Å²) in [6, 6.07) is 5.73. The molecule has 1 aliphatic heterocycles. The minimum Gasteiger partial charge on any atom is -0.484 e. The third kappa shape index (κ3) is 4.69. The Hall–Kier alpha value is -2.11. The van der Waals surface area contributed by atoms with Crippen LogP contribution in [0.15, 0.2) is 24.3 Å². The van der Waals surface area contributed by atoms with E-state index in [0.717, 1.165) is 12.8 Å². The van der Waals surface area contributed by atoms with Gasteiger partial charge in [0.05, 0.1) is 0 Å². The highest BCUT2D eigenvalue weighted by atomic mass is 19.1. The van der Waals surface area contributed by atoms with E-state index in [9.17, 15) is 14.0 Å².